The molecule has 164 valence electrons. The minimum Gasteiger partial charge on any atom is -0.366 e. The van der Waals surface area contributed by atoms with Gasteiger partial charge in [-0.05, 0) is 31.1 Å². The number of thiocarbonyl (C=S) groups is 1. The number of thioether (sulfide) groups is 1. The van der Waals surface area contributed by atoms with Gasteiger partial charge in [0.05, 0.1) is 10.5 Å². The summed E-state index contributed by atoms with van der Waals surface area (Å²) in [5.74, 6) is 0.285. The maximum atomic E-state index is 13.2. The van der Waals surface area contributed by atoms with Gasteiger partial charge in [-0.15, -0.1) is 6.58 Å². The van der Waals surface area contributed by atoms with E-state index in [0.29, 0.717) is 39.3 Å². The number of aryl methyl sites for hydroxylation is 1. The first-order chi connectivity index (χ1) is 15.0. The van der Waals surface area contributed by atoms with Gasteiger partial charge in [-0.3, -0.25) is 18.9 Å². The smallest absolute Gasteiger partial charge is 0.267 e. The van der Waals surface area contributed by atoms with E-state index in [0.717, 1.165) is 18.4 Å². The fraction of sp³-hybridized carbons (Fsp3) is 0.391. The van der Waals surface area contributed by atoms with E-state index in [9.17, 15) is 9.59 Å². The third-order valence-corrected chi connectivity index (χ3v) is 6.43. The Hall–Kier alpha value is -2.45. The van der Waals surface area contributed by atoms with Gasteiger partial charge in [0.15, 0.2) is 0 Å². The number of nitrogens with one attached hydrogen (secondary N) is 1. The lowest BCUT2D eigenvalue weighted by Gasteiger charge is -2.14. The summed E-state index contributed by atoms with van der Waals surface area (Å²) in [6.07, 6.45) is 10.6. The first-order valence-corrected chi connectivity index (χ1v) is 11.8. The molecule has 0 spiro atoms. The van der Waals surface area contributed by atoms with Crippen molar-refractivity contribution in [2.24, 2.45) is 0 Å². The number of nitrogens with zero attached hydrogens (tertiary/aromatic N) is 3. The van der Waals surface area contributed by atoms with Crippen LogP contribution in [0.4, 0.5) is 5.82 Å². The van der Waals surface area contributed by atoms with E-state index in [1.165, 1.54) is 35.4 Å². The van der Waals surface area contributed by atoms with Gasteiger partial charge >= 0.3 is 0 Å². The third-order valence-electron chi connectivity index (χ3n) is 5.05. The molecule has 6 nitrogen and oxygen atoms in total. The number of rotatable bonds is 10. The lowest BCUT2D eigenvalue weighted by molar-refractivity contribution is -0.122. The third kappa shape index (κ3) is 5.43. The van der Waals surface area contributed by atoms with Crippen molar-refractivity contribution in [1.82, 2.24) is 14.3 Å². The van der Waals surface area contributed by atoms with Crippen molar-refractivity contribution < 1.29 is 4.79 Å². The standard InChI is InChI=1S/C23H28N4O2S2/c1-4-6-7-8-9-13-26-22(29)18(31-23(26)30)14-17-20(24-12-5-2)25-19-11-10-16(3)15-27(19)21(17)28/h5,10-11,14-15,24H,2,4,6-9,12-13H2,1,3H3. The average molecular weight is 457 g/mol. The number of anilines is 1. The second kappa shape index (κ2) is 10.7. The van der Waals surface area contributed by atoms with Gasteiger partial charge in [0.2, 0.25) is 0 Å². The predicted molar refractivity (Wildman–Crippen MR) is 134 cm³/mol. The van der Waals surface area contributed by atoms with Gasteiger partial charge in [0.25, 0.3) is 11.5 Å². The number of hydrogen-bond acceptors (Lipinski definition) is 6. The summed E-state index contributed by atoms with van der Waals surface area (Å²) in [6.45, 7) is 8.87. The molecule has 0 radical (unpaired) electrons. The fourth-order valence-electron chi connectivity index (χ4n) is 3.39. The normalized spacial score (nSPS) is 15.3. The van der Waals surface area contributed by atoms with E-state index in [4.69, 9.17) is 12.2 Å². The van der Waals surface area contributed by atoms with E-state index in [1.807, 2.05) is 13.0 Å². The topological polar surface area (TPSA) is 66.7 Å². The zero-order valence-corrected chi connectivity index (χ0v) is 19.7. The molecule has 2 aromatic heterocycles. The van der Waals surface area contributed by atoms with Gasteiger partial charge in [-0.2, -0.15) is 0 Å². The highest BCUT2D eigenvalue weighted by molar-refractivity contribution is 8.26. The molecule has 31 heavy (non-hydrogen) atoms. The van der Waals surface area contributed by atoms with Gasteiger partial charge in [0, 0.05) is 19.3 Å². The molecule has 1 fully saturated rings. The molecule has 1 aliphatic rings. The van der Waals surface area contributed by atoms with Crippen molar-refractivity contribution in [3.63, 3.8) is 0 Å². The number of hydrogen-bond donors (Lipinski definition) is 1. The summed E-state index contributed by atoms with van der Waals surface area (Å²) in [7, 11) is 0. The molecular formula is C23H28N4O2S2. The lowest BCUT2D eigenvalue weighted by atomic mass is 10.1. The van der Waals surface area contributed by atoms with Crippen LogP contribution in [0.5, 0.6) is 0 Å². The highest BCUT2D eigenvalue weighted by atomic mass is 32.2. The maximum absolute atomic E-state index is 13.2. The van der Waals surface area contributed by atoms with Crippen LogP contribution in [0, 0.1) is 6.92 Å². The molecule has 3 rings (SSSR count). The first-order valence-electron chi connectivity index (χ1n) is 10.6. The SMILES string of the molecule is C=CCNc1nc2ccc(C)cn2c(=O)c1C=C1SC(=S)N(CCCCCCC)C1=O. The molecular weight excluding hydrogens is 428 g/mol. The Morgan fingerprint density at radius 1 is 1.23 bits per heavy atom. The average Bonchev–Trinajstić information content (AvgIpc) is 3.02. The van der Waals surface area contributed by atoms with Crippen LogP contribution in [-0.2, 0) is 4.79 Å². The van der Waals surface area contributed by atoms with Crippen molar-refractivity contribution in [2.45, 2.75) is 46.0 Å². The molecule has 1 amide bonds. The molecule has 1 aliphatic heterocycles. The largest absolute Gasteiger partial charge is 0.366 e. The molecule has 8 heteroatoms. The first kappa shape index (κ1) is 23.2. The zero-order valence-electron chi connectivity index (χ0n) is 18.0. The van der Waals surface area contributed by atoms with Crippen LogP contribution in [0.25, 0.3) is 11.7 Å². The van der Waals surface area contributed by atoms with Crippen LogP contribution in [-0.4, -0.2) is 37.6 Å². The highest BCUT2D eigenvalue weighted by Gasteiger charge is 2.32. The number of pyridine rings is 1. The second-order valence-electron chi connectivity index (χ2n) is 7.53. The van der Waals surface area contributed by atoms with Crippen LogP contribution in [0.3, 0.4) is 0 Å². The molecule has 2 aromatic rings. The van der Waals surface area contributed by atoms with Gasteiger partial charge in [-0.25, -0.2) is 4.98 Å². The summed E-state index contributed by atoms with van der Waals surface area (Å²) in [5, 5.41) is 3.12. The fourth-order valence-corrected chi connectivity index (χ4v) is 4.68. The van der Waals surface area contributed by atoms with Crippen LogP contribution >= 0.6 is 24.0 Å². The molecule has 1 N–H and O–H groups in total. The number of fused-ring (bicyclic) bond motifs is 1. The van der Waals surface area contributed by atoms with Crippen molar-refractivity contribution >= 4 is 51.7 Å². The van der Waals surface area contributed by atoms with E-state index in [2.05, 4.69) is 23.8 Å². The minimum atomic E-state index is -0.231. The van der Waals surface area contributed by atoms with E-state index in [1.54, 1.807) is 29.3 Å². The Morgan fingerprint density at radius 2 is 2.00 bits per heavy atom. The molecule has 0 bridgehead atoms. The number of carbonyl (C=O) groups is 1. The summed E-state index contributed by atoms with van der Waals surface area (Å²) in [5.41, 5.74) is 1.60. The molecule has 0 saturated carbocycles. The molecule has 0 atom stereocenters. The van der Waals surface area contributed by atoms with Crippen LogP contribution in [0.15, 0.2) is 40.7 Å². The molecule has 0 unspecified atom stereocenters. The Labute approximate surface area is 192 Å². The van der Waals surface area contributed by atoms with Crippen molar-refractivity contribution in [2.75, 3.05) is 18.4 Å². The van der Waals surface area contributed by atoms with Crippen molar-refractivity contribution in [3.05, 3.63) is 57.4 Å². The predicted octanol–water partition coefficient (Wildman–Crippen LogP) is 4.77. The van der Waals surface area contributed by atoms with Crippen LogP contribution in [0.1, 0.15) is 50.2 Å². The number of carbonyl (C=O) groups excluding carboxylic acids is 1. The number of aromatic nitrogens is 2. The lowest BCUT2D eigenvalue weighted by Crippen LogP contribution is -2.29. The van der Waals surface area contributed by atoms with E-state index >= 15 is 0 Å². The second-order valence-corrected chi connectivity index (χ2v) is 9.21. The maximum Gasteiger partial charge on any atom is 0.267 e. The van der Waals surface area contributed by atoms with E-state index < -0.39 is 0 Å². The Balaban J connectivity index is 1.92. The van der Waals surface area contributed by atoms with Crippen LogP contribution in [0.2, 0.25) is 0 Å². The van der Waals surface area contributed by atoms with Crippen molar-refractivity contribution in [3.8, 4) is 0 Å². The summed E-state index contributed by atoms with van der Waals surface area (Å²) in [6, 6.07) is 3.71. The van der Waals surface area contributed by atoms with Crippen molar-refractivity contribution in [1.29, 1.82) is 0 Å². The summed E-state index contributed by atoms with van der Waals surface area (Å²) >= 11 is 6.68. The number of amides is 1. The molecule has 0 aromatic carbocycles. The van der Waals surface area contributed by atoms with Gasteiger partial charge in [-0.1, -0.05) is 68.7 Å². The monoisotopic (exact) mass is 456 g/mol. The Bertz CT molecular complexity index is 1090. The quantitative estimate of drug-likeness (QED) is 0.240. The molecule has 1 saturated heterocycles. The summed E-state index contributed by atoms with van der Waals surface area (Å²) in [4.78, 5) is 32.9. The number of unbranched alkanes of at least 4 members (excludes halogenated alkanes) is 4. The van der Waals surface area contributed by atoms with Crippen LogP contribution < -0.4 is 10.9 Å². The van der Waals surface area contributed by atoms with E-state index in [-0.39, 0.29) is 11.5 Å². The molecule has 0 aliphatic carbocycles. The highest BCUT2D eigenvalue weighted by Crippen LogP contribution is 2.33. The van der Waals surface area contributed by atoms with Gasteiger partial charge < -0.3 is 5.32 Å². The summed E-state index contributed by atoms with van der Waals surface area (Å²) < 4.78 is 2.05. The minimum absolute atomic E-state index is 0.145. The zero-order chi connectivity index (χ0) is 22.4. The van der Waals surface area contributed by atoms with Gasteiger partial charge in [0.1, 0.15) is 15.8 Å². The Morgan fingerprint density at radius 3 is 2.74 bits per heavy atom. The Kier molecular flexibility index (Phi) is 8.03. The molecule has 3 heterocycles.